The first kappa shape index (κ1) is 20.4. The summed E-state index contributed by atoms with van der Waals surface area (Å²) in [5, 5.41) is 0. The van der Waals surface area contributed by atoms with Gasteiger partial charge in [0.1, 0.15) is 0 Å². The molecule has 0 saturated heterocycles. The van der Waals surface area contributed by atoms with Gasteiger partial charge in [-0.05, 0) is 50.2 Å². The van der Waals surface area contributed by atoms with Gasteiger partial charge in [0.25, 0.3) is 10.0 Å². The summed E-state index contributed by atoms with van der Waals surface area (Å²) in [6.07, 6.45) is -0.303. The summed E-state index contributed by atoms with van der Waals surface area (Å²) < 4.78 is 36.2. The Labute approximate surface area is 158 Å². The number of sulfonamides is 1. The number of ether oxygens (including phenoxy) is 2. The summed E-state index contributed by atoms with van der Waals surface area (Å²) in [6.45, 7) is 2.87. The number of hydrogen-bond acceptors (Lipinski definition) is 6. The van der Waals surface area contributed by atoms with Gasteiger partial charge in [0.2, 0.25) is 0 Å². The zero-order valence-electron chi connectivity index (χ0n) is 15.3. The minimum atomic E-state index is -3.77. The highest BCUT2D eigenvalue weighted by Crippen LogP contribution is 2.22. The molecule has 2 rings (SSSR count). The number of hydrogen-bond donors (Lipinski definition) is 0. The molecule has 0 bridgehead atoms. The van der Waals surface area contributed by atoms with Gasteiger partial charge < -0.3 is 9.47 Å². The van der Waals surface area contributed by atoms with Crippen molar-refractivity contribution >= 4 is 27.6 Å². The summed E-state index contributed by atoms with van der Waals surface area (Å²) in [5.74, 6) is -1.39. The van der Waals surface area contributed by atoms with Gasteiger partial charge in [0, 0.05) is 7.05 Å². The number of para-hydroxylation sites is 1. The van der Waals surface area contributed by atoms with Crippen molar-refractivity contribution in [2.24, 2.45) is 0 Å². The smallest absolute Gasteiger partial charge is 0.344 e. The van der Waals surface area contributed by atoms with Crippen LogP contribution in [0.15, 0.2) is 59.5 Å². The molecule has 27 heavy (non-hydrogen) atoms. The van der Waals surface area contributed by atoms with Crippen molar-refractivity contribution in [3.8, 4) is 0 Å². The first-order valence-electron chi connectivity index (χ1n) is 8.22. The second kappa shape index (κ2) is 8.68. The van der Waals surface area contributed by atoms with Gasteiger partial charge in [-0.15, -0.1) is 0 Å². The Balaban J connectivity index is 2.08. The minimum Gasteiger partial charge on any atom is -0.460 e. The Morgan fingerprint density at radius 2 is 1.59 bits per heavy atom. The van der Waals surface area contributed by atoms with Crippen molar-refractivity contribution in [2.75, 3.05) is 18.0 Å². The van der Waals surface area contributed by atoms with E-state index in [9.17, 15) is 18.0 Å². The van der Waals surface area contributed by atoms with Crippen LogP contribution < -0.4 is 4.31 Å². The average Bonchev–Trinajstić information content (AvgIpc) is 2.65. The maximum atomic E-state index is 12.7. The highest BCUT2D eigenvalue weighted by molar-refractivity contribution is 7.92. The van der Waals surface area contributed by atoms with Crippen LogP contribution in [0, 0.1) is 0 Å². The molecule has 0 spiro atoms. The molecule has 0 aromatic heterocycles. The van der Waals surface area contributed by atoms with Crippen LogP contribution >= 0.6 is 0 Å². The zero-order valence-corrected chi connectivity index (χ0v) is 16.1. The molecule has 0 aliphatic heterocycles. The molecule has 0 fully saturated rings. The summed E-state index contributed by atoms with van der Waals surface area (Å²) in [7, 11) is -2.32. The van der Waals surface area contributed by atoms with Crippen LogP contribution in [0.5, 0.6) is 0 Å². The topological polar surface area (TPSA) is 90.0 Å². The maximum absolute atomic E-state index is 12.7. The SMILES string of the molecule is CC(C)OC(=O)COC(=O)c1ccc(S(=O)(=O)N(C)c2ccccc2)cc1. The highest BCUT2D eigenvalue weighted by atomic mass is 32.2. The largest absolute Gasteiger partial charge is 0.460 e. The summed E-state index contributed by atoms with van der Waals surface area (Å²) in [6, 6.07) is 13.9. The number of carbonyl (C=O) groups excluding carboxylic acids is 2. The quantitative estimate of drug-likeness (QED) is 0.674. The van der Waals surface area contributed by atoms with Crippen LogP contribution in [0.25, 0.3) is 0 Å². The molecule has 0 aliphatic carbocycles. The summed E-state index contributed by atoms with van der Waals surface area (Å²) in [5.41, 5.74) is 0.651. The van der Waals surface area contributed by atoms with Crippen molar-refractivity contribution < 1.29 is 27.5 Å². The fourth-order valence-electron chi connectivity index (χ4n) is 2.20. The van der Waals surface area contributed by atoms with E-state index in [1.165, 1.54) is 31.3 Å². The predicted octanol–water partition coefficient (Wildman–Crippen LogP) is 2.62. The fourth-order valence-corrected chi connectivity index (χ4v) is 3.40. The summed E-state index contributed by atoms with van der Waals surface area (Å²) in [4.78, 5) is 23.4. The van der Waals surface area contributed by atoms with E-state index in [1.54, 1.807) is 44.2 Å². The third kappa shape index (κ3) is 5.30. The second-order valence-corrected chi connectivity index (χ2v) is 7.92. The van der Waals surface area contributed by atoms with Crippen molar-refractivity contribution in [1.29, 1.82) is 0 Å². The van der Waals surface area contributed by atoms with E-state index >= 15 is 0 Å². The molecule has 0 atom stereocenters. The normalized spacial score (nSPS) is 11.1. The lowest BCUT2D eigenvalue weighted by Gasteiger charge is -2.19. The van der Waals surface area contributed by atoms with E-state index in [1.807, 2.05) is 0 Å². The predicted molar refractivity (Wildman–Crippen MR) is 100.0 cm³/mol. The van der Waals surface area contributed by atoms with Crippen LogP contribution in [0.4, 0.5) is 5.69 Å². The Morgan fingerprint density at radius 3 is 2.15 bits per heavy atom. The molecule has 7 nitrogen and oxygen atoms in total. The fraction of sp³-hybridized carbons (Fsp3) is 0.263. The Morgan fingerprint density at radius 1 is 1.00 bits per heavy atom. The Bertz CT molecular complexity index is 892. The first-order valence-corrected chi connectivity index (χ1v) is 9.66. The van der Waals surface area contributed by atoms with Crippen molar-refractivity contribution in [3.05, 3.63) is 60.2 Å². The number of esters is 2. The van der Waals surface area contributed by atoms with Crippen molar-refractivity contribution in [2.45, 2.75) is 24.8 Å². The maximum Gasteiger partial charge on any atom is 0.344 e. The Hall–Kier alpha value is -2.87. The van der Waals surface area contributed by atoms with Gasteiger partial charge in [0.05, 0.1) is 22.3 Å². The van der Waals surface area contributed by atoms with E-state index in [-0.39, 0.29) is 16.6 Å². The van der Waals surface area contributed by atoms with Gasteiger partial charge in [-0.2, -0.15) is 0 Å². The molecular formula is C19H21NO6S. The Kier molecular flexibility index (Phi) is 6.57. The van der Waals surface area contributed by atoms with Crippen molar-refractivity contribution in [1.82, 2.24) is 0 Å². The minimum absolute atomic E-state index is 0.0321. The molecule has 8 heteroatoms. The molecular weight excluding hydrogens is 370 g/mol. The van der Waals surface area contributed by atoms with Gasteiger partial charge >= 0.3 is 11.9 Å². The summed E-state index contributed by atoms with van der Waals surface area (Å²) >= 11 is 0. The lowest BCUT2D eigenvalue weighted by molar-refractivity contribution is -0.150. The molecule has 2 aromatic carbocycles. The van der Waals surface area contributed by atoms with Crippen LogP contribution in [0.2, 0.25) is 0 Å². The van der Waals surface area contributed by atoms with Gasteiger partial charge in [-0.1, -0.05) is 18.2 Å². The molecule has 0 radical (unpaired) electrons. The number of nitrogens with zero attached hydrogens (tertiary/aromatic N) is 1. The van der Waals surface area contributed by atoms with E-state index in [0.717, 1.165) is 4.31 Å². The number of carbonyl (C=O) groups is 2. The molecule has 0 heterocycles. The van der Waals surface area contributed by atoms with E-state index in [0.29, 0.717) is 5.69 Å². The average molecular weight is 391 g/mol. The van der Waals surface area contributed by atoms with Crippen LogP contribution in [-0.4, -0.2) is 40.1 Å². The number of anilines is 1. The molecule has 0 unspecified atom stereocenters. The first-order chi connectivity index (χ1) is 12.7. The number of benzene rings is 2. The number of rotatable bonds is 7. The van der Waals surface area contributed by atoms with Gasteiger partial charge in [0.15, 0.2) is 6.61 Å². The molecule has 0 saturated carbocycles. The van der Waals surface area contributed by atoms with Crippen LogP contribution in [0.1, 0.15) is 24.2 Å². The van der Waals surface area contributed by atoms with Crippen molar-refractivity contribution in [3.63, 3.8) is 0 Å². The van der Waals surface area contributed by atoms with Gasteiger partial charge in [-0.3, -0.25) is 4.31 Å². The molecule has 0 aliphatic rings. The second-order valence-electron chi connectivity index (χ2n) is 5.95. The molecule has 0 N–H and O–H groups in total. The van der Waals surface area contributed by atoms with E-state index in [2.05, 4.69) is 0 Å². The third-order valence-corrected chi connectivity index (χ3v) is 5.36. The monoisotopic (exact) mass is 391 g/mol. The lowest BCUT2D eigenvalue weighted by atomic mass is 10.2. The highest BCUT2D eigenvalue weighted by Gasteiger charge is 2.22. The van der Waals surface area contributed by atoms with E-state index < -0.39 is 28.6 Å². The zero-order chi connectivity index (χ0) is 20.0. The third-order valence-electron chi connectivity index (χ3n) is 3.56. The van der Waals surface area contributed by atoms with Crippen LogP contribution in [0.3, 0.4) is 0 Å². The molecule has 144 valence electrons. The van der Waals surface area contributed by atoms with Crippen LogP contribution in [-0.2, 0) is 24.3 Å². The van der Waals surface area contributed by atoms with Gasteiger partial charge in [-0.25, -0.2) is 18.0 Å². The molecule has 0 amide bonds. The molecule has 2 aromatic rings. The standard InChI is InChI=1S/C19H21NO6S/c1-14(2)26-18(21)13-25-19(22)15-9-11-17(12-10-15)27(23,24)20(3)16-7-5-4-6-8-16/h4-12,14H,13H2,1-3H3. The van der Waals surface area contributed by atoms with E-state index in [4.69, 9.17) is 9.47 Å². The lowest BCUT2D eigenvalue weighted by Crippen LogP contribution is -2.26.